The lowest BCUT2D eigenvalue weighted by molar-refractivity contribution is -0.157. The summed E-state index contributed by atoms with van der Waals surface area (Å²) >= 11 is 0. The molecule has 0 radical (unpaired) electrons. The Bertz CT molecular complexity index is 575. The van der Waals surface area contributed by atoms with Crippen molar-refractivity contribution in [1.82, 2.24) is 9.29 Å². The van der Waals surface area contributed by atoms with Crippen LogP contribution in [0.15, 0.2) is 24.5 Å². The molecular weight excluding hydrogens is 296 g/mol. The van der Waals surface area contributed by atoms with Crippen LogP contribution in [0.3, 0.4) is 0 Å². The molecule has 0 amide bonds. The van der Waals surface area contributed by atoms with Gasteiger partial charge in [-0.1, -0.05) is 0 Å². The van der Waals surface area contributed by atoms with E-state index in [1.807, 2.05) is 0 Å². The van der Waals surface area contributed by atoms with Crippen molar-refractivity contribution < 1.29 is 22.7 Å². The van der Waals surface area contributed by atoms with Gasteiger partial charge in [-0.05, 0) is 24.1 Å². The number of aromatic nitrogens is 1. The van der Waals surface area contributed by atoms with Crippen molar-refractivity contribution in [3.05, 3.63) is 30.1 Å². The summed E-state index contributed by atoms with van der Waals surface area (Å²) in [6.45, 7) is 0.450. The molecule has 0 spiro atoms. The molecule has 0 bridgehead atoms. The van der Waals surface area contributed by atoms with Gasteiger partial charge >= 0.3 is 5.97 Å². The van der Waals surface area contributed by atoms with Crippen LogP contribution < -0.4 is 0 Å². The van der Waals surface area contributed by atoms with Crippen LogP contribution in [-0.4, -0.2) is 62.3 Å². The fourth-order valence-corrected chi connectivity index (χ4v) is 3.54. The van der Waals surface area contributed by atoms with E-state index in [0.717, 1.165) is 5.56 Å². The zero-order valence-electron chi connectivity index (χ0n) is 11.8. The molecule has 116 valence electrons. The number of methoxy groups -OCH3 is 1. The lowest BCUT2D eigenvalue weighted by Gasteiger charge is -2.30. The van der Waals surface area contributed by atoms with Gasteiger partial charge in [0.05, 0.1) is 26.0 Å². The van der Waals surface area contributed by atoms with E-state index in [1.54, 1.807) is 24.5 Å². The molecule has 1 aromatic heterocycles. The first-order chi connectivity index (χ1) is 10.0. The standard InChI is InChI=1S/C13H18N2O5S/c1-19-13(16)12-10-15(7-8-20-12)21(17,18)9-4-11-2-5-14-6-3-11/h2-3,5-6,12H,4,7-10H2,1H3. The van der Waals surface area contributed by atoms with Crippen molar-refractivity contribution in [2.75, 3.05) is 32.6 Å². The van der Waals surface area contributed by atoms with Crippen LogP contribution in [0, 0.1) is 0 Å². The highest BCUT2D eigenvalue weighted by atomic mass is 32.2. The van der Waals surface area contributed by atoms with Crippen LogP contribution in [0.1, 0.15) is 5.56 Å². The molecule has 0 aromatic carbocycles. The van der Waals surface area contributed by atoms with Crippen molar-refractivity contribution >= 4 is 16.0 Å². The molecule has 0 saturated carbocycles. The Balaban J connectivity index is 1.97. The van der Waals surface area contributed by atoms with Gasteiger partial charge in [-0.3, -0.25) is 4.98 Å². The van der Waals surface area contributed by atoms with Gasteiger partial charge in [0.15, 0.2) is 6.10 Å². The third-order valence-corrected chi connectivity index (χ3v) is 5.12. The molecule has 1 aliphatic heterocycles. The second kappa shape index (κ2) is 6.97. The molecule has 0 N–H and O–H groups in total. The minimum Gasteiger partial charge on any atom is -0.467 e. The normalized spacial score (nSPS) is 20.1. The number of rotatable bonds is 5. The maximum absolute atomic E-state index is 12.3. The first-order valence-corrected chi connectivity index (χ1v) is 8.20. The number of sulfonamides is 1. The van der Waals surface area contributed by atoms with E-state index in [1.165, 1.54) is 11.4 Å². The van der Waals surface area contributed by atoms with Gasteiger partial charge < -0.3 is 9.47 Å². The second-order valence-corrected chi connectivity index (χ2v) is 6.75. The Hall–Kier alpha value is -1.51. The fourth-order valence-electron chi connectivity index (χ4n) is 2.08. The van der Waals surface area contributed by atoms with Gasteiger partial charge in [0.2, 0.25) is 10.0 Å². The summed E-state index contributed by atoms with van der Waals surface area (Å²) in [5.41, 5.74) is 0.909. The van der Waals surface area contributed by atoms with Gasteiger partial charge in [-0.25, -0.2) is 13.2 Å². The Morgan fingerprint density at radius 2 is 2.19 bits per heavy atom. The minimum atomic E-state index is -3.43. The van der Waals surface area contributed by atoms with Crippen molar-refractivity contribution in [3.63, 3.8) is 0 Å². The van der Waals surface area contributed by atoms with E-state index in [0.29, 0.717) is 6.42 Å². The fraction of sp³-hybridized carbons (Fsp3) is 0.538. The molecule has 1 aliphatic rings. The Morgan fingerprint density at radius 3 is 2.86 bits per heavy atom. The summed E-state index contributed by atoms with van der Waals surface area (Å²) in [7, 11) is -2.18. The second-order valence-electron chi connectivity index (χ2n) is 4.66. The SMILES string of the molecule is COC(=O)C1CN(S(=O)(=O)CCc2ccncc2)CCO1. The molecule has 1 fully saturated rings. The van der Waals surface area contributed by atoms with Gasteiger partial charge in [0, 0.05) is 18.9 Å². The number of carbonyl (C=O) groups is 1. The summed E-state index contributed by atoms with van der Waals surface area (Å²) in [6.07, 6.45) is 2.82. The molecule has 21 heavy (non-hydrogen) atoms. The smallest absolute Gasteiger partial charge is 0.336 e. The maximum atomic E-state index is 12.3. The largest absolute Gasteiger partial charge is 0.467 e. The molecule has 2 heterocycles. The maximum Gasteiger partial charge on any atom is 0.336 e. The summed E-state index contributed by atoms with van der Waals surface area (Å²) in [5.74, 6) is -0.561. The third kappa shape index (κ3) is 4.23. The number of esters is 1. The first-order valence-electron chi connectivity index (χ1n) is 6.59. The quantitative estimate of drug-likeness (QED) is 0.701. The van der Waals surface area contributed by atoms with Crippen LogP contribution in [0.25, 0.3) is 0 Å². The predicted molar refractivity (Wildman–Crippen MR) is 75.1 cm³/mol. The van der Waals surface area contributed by atoms with E-state index < -0.39 is 22.1 Å². The van der Waals surface area contributed by atoms with Crippen LogP contribution in [0.2, 0.25) is 0 Å². The van der Waals surface area contributed by atoms with E-state index in [2.05, 4.69) is 9.72 Å². The van der Waals surface area contributed by atoms with E-state index in [9.17, 15) is 13.2 Å². The number of hydrogen-bond donors (Lipinski definition) is 0. The van der Waals surface area contributed by atoms with Crippen LogP contribution in [0.4, 0.5) is 0 Å². The number of ether oxygens (including phenoxy) is 2. The summed E-state index contributed by atoms with van der Waals surface area (Å²) < 4.78 is 35.7. The van der Waals surface area contributed by atoms with E-state index in [-0.39, 0.29) is 25.4 Å². The molecule has 8 heteroatoms. The minimum absolute atomic E-state index is 0.00531. The van der Waals surface area contributed by atoms with Crippen molar-refractivity contribution in [1.29, 1.82) is 0 Å². The zero-order valence-corrected chi connectivity index (χ0v) is 12.6. The monoisotopic (exact) mass is 314 g/mol. The zero-order chi connectivity index (χ0) is 15.3. The van der Waals surface area contributed by atoms with Crippen LogP contribution in [0.5, 0.6) is 0 Å². The number of morpholine rings is 1. The van der Waals surface area contributed by atoms with E-state index >= 15 is 0 Å². The Labute approximate surface area is 123 Å². The number of nitrogens with zero attached hydrogens (tertiary/aromatic N) is 2. The average molecular weight is 314 g/mol. The Kier molecular flexibility index (Phi) is 5.27. The highest BCUT2D eigenvalue weighted by molar-refractivity contribution is 7.89. The lowest BCUT2D eigenvalue weighted by atomic mass is 10.2. The number of hydrogen-bond acceptors (Lipinski definition) is 6. The van der Waals surface area contributed by atoms with Crippen LogP contribution in [-0.2, 0) is 30.7 Å². The number of pyridine rings is 1. The molecule has 1 saturated heterocycles. The van der Waals surface area contributed by atoms with Gasteiger partial charge in [-0.15, -0.1) is 0 Å². The molecule has 1 aromatic rings. The van der Waals surface area contributed by atoms with Crippen molar-refractivity contribution in [2.24, 2.45) is 0 Å². The van der Waals surface area contributed by atoms with E-state index in [4.69, 9.17) is 4.74 Å². The molecule has 2 rings (SSSR count). The molecule has 7 nitrogen and oxygen atoms in total. The number of aryl methyl sites for hydroxylation is 1. The van der Waals surface area contributed by atoms with Gasteiger partial charge in [-0.2, -0.15) is 4.31 Å². The first kappa shape index (κ1) is 15.9. The lowest BCUT2D eigenvalue weighted by Crippen LogP contribution is -2.49. The molecular formula is C13H18N2O5S. The van der Waals surface area contributed by atoms with Crippen LogP contribution >= 0.6 is 0 Å². The number of carbonyl (C=O) groups excluding carboxylic acids is 1. The van der Waals surface area contributed by atoms with Gasteiger partial charge in [0.25, 0.3) is 0 Å². The van der Waals surface area contributed by atoms with Crippen molar-refractivity contribution in [3.8, 4) is 0 Å². The predicted octanol–water partition coefficient (Wildman–Crippen LogP) is -0.172. The average Bonchev–Trinajstić information content (AvgIpc) is 2.53. The molecule has 1 unspecified atom stereocenters. The highest BCUT2D eigenvalue weighted by Gasteiger charge is 2.33. The summed E-state index contributed by atoms with van der Waals surface area (Å²) in [6, 6.07) is 3.57. The highest BCUT2D eigenvalue weighted by Crippen LogP contribution is 2.13. The van der Waals surface area contributed by atoms with Gasteiger partial charge in [0.1, 0.15) is 0 Å². The topological polar surface area (TPSA) is 85.8 Å². The molecule has 1 atom stereocenters. The third-order valence-electron chi connectivity index (χ3n) is 3.28. The van der Waals surface area contributed by atoms with Crippen molar-refractivity contribution in [2.45, 2.75) is 12.5 Å². The Morgan fingerprint density at radius 1 is 1.48 bits per heavy atom. The molecule has 0 aliphatic carbocycles. The summed E-state index contributed by atoms with van der Waals surface area (Å²) in [5, 5.41) is 0. The summed E-state index contributed by atoms with van der Waals surface area (Å²) in [4.78, 5) is 15.3.